The molecule has 0 aliphatic rings. The van der Waals surface area contributed by atoms with E-state index in [-0.39, 0.29) is 30.4 Å². The average molecular weight is 294 g/mol. The molecule has 0 aromatic heterocycles. The number of unbranched alkanes of at least 4 members (excludes halogenated alkanes) is 1. The zero-order valence-corrected chi connectivity index (χ0v) is 11.1. The Balaban J connectivity index is 2.55. The Hall–Kier alpha value is -2.70. The molecule has 0 radical (unpaired) electrons. The highest BCUT2D eigenvalue weighted by Crippen LogP contribution is 2.11. The molecule has 0 saturated heterocycles. The number of hydrogen-bond donors (Lipinski definition) is 2. The van der Waals surface area contributed by atoms with Gasteiger partial charge in [0.25, 0.3) is 0 Å². The summed E-state index contributed by atoms with van der Waals surface area (Å²) in [5.74, 6) is -4.10. The van der Waals surface area contributed by atoms with Gasteiger partial charge < -0.3 is 14.9 Å². The molecule has 1 aromatic rings. The lowest BCUT2D eigenvalue weighted by atomic mass is 10.1. The molecule has 0 amide bonds. The highest BCUT2D eigenvalue weighted by Gasteiger charge is 2.19. The van der Waals surface area contributed by atoms with Crippen molar-refractivity contribution in [3.05, 3.63) is 35.4 Å². The first-order valence-corrected chi connectivity index (χ1v) is 6.21. The van der Waals surface area contributed by atoms with Crippen LogP contribution in [0.4, 0.5) is 0 Å². The Kier molecular flexibility index (Phi) is 6.06. The fourth-order valence-electron chi connectivity index (χ4n) is 1.60. The van der Waals surface area contributed by atoms with Crippen LogP contribution in [0.3, 0.4) is 0 Å². The van der Waals surface area contributed by atoms with Crippen molar-refractivity contribution in [3.8, 4) is 0 Å². The minimum Gasteiger partial charge on any atom is -0.481 e. The first-order chi connectivity index (χ1) is 9.91. The van der Waals surface area contributed by atoms with E-state index in [0.29, 0.717) is 6.42 Å². The van der Waals surface area contributed by atoms with E-state index in [4.69, 9.17) is 10.2 Å². The molecule has 0 atom stereocenters. The topological polar surface area (TPSA) is 118 Å². The van der Waals surface area contributed by atoms with E-state index in [9.17, 15) is 19.2 Å². The van der Waals surface area contributed by atoms with E-state index in [2.05, 4.69) is 4.74 Å². The van der Waals surface area contributed by atoms with Crippen molar-refractivity contribution < 1.29 is 34.1 Å². The molecular formula is C14H14O7. The predicted molar refractivity (Wildman–Crippen MR) is 69.9 cm³/mol. The van der Waals surface area contributed by atoms with Crippen LogP contribution in [-0.4, -0.2) is 34.1 Å². The first-order valence-electron chi connectivity index (χ1n) is 6.21. The van der Waals surface area contributed by atoms with Gasteiger partial charge in [-0.1, -0.05) is 12.1 Å². The lowest BCUT2D eigenvalue weighted by Gasteiger charge is -2.05. The second-order valence-electron chi connectivity index (χ2n) is 4.21. The lowest BCUT2D eigenvalue weighted by molar-refractivity contribution is -0.139. The van der Waals surface area contributed by atoms with Gasteiger partial charge in [0.05, 0.1) is 11.1 Å². The molecule has 0 unspecified atom stereocenters. The Morgan fingerprint density at radius 3 is 2.05 bits per heavy atom. The molecule has 7 nitrogen and oxygen atoms in total. The van der Waals surface area contributed by atoms with E-state index in [0.717, 1.165) is 0 Å². The third-order valence-corrected chi connectivity index (χ3v) is 2.61. The summed E-state index contributed by atoms with van der Waals surface area (Å²) in [5.41, 5.74) is -0.454. The minimum absolute atomic E-state index is 0.0664. The normalized spacial score (nSPS) is 9.90. The van der Waals surface area contributed by atoms with Gasteiger partial charge in [-0.2, -0.15) is 0 Å². The minimum atomic E-state index is -1.29. The smallest absolute Gasteiger partial charge is 0.346 e. The third-order valence-electron chi connectivity index (χ3n) is 2.61. The number of esters is 2. The number of rotatable bonds is 7. The largest absolute Gasteiger partial charge is 0.481 e. The van der Waals surface area contributed by atoms with Crippen LogP contribution >= 0.6 is 0 Å². The quantitative estimate of drug-likeness (QED) is 0.446. The number of carboxylic acid groups (broad SMARTS) is 2. The van der Waals surface area contributed by atoms with Crippen LogP contribution in [0.5, 0.6) is 0 Å². The molecule has 0 fully saturated rings. The molecule has 21 heavy (non-hydrogen) atoms. The van der Waals surface area contributed by atoms with Gasteiger partial charge in [0.2, 0.25) is 0 Å². The van der Waals surface area contributed by atoms with E-state index in [1.165, 1.54) is 24.3 Å². The number of hydrogen-bond acceptors (Lipinski definition) is 5. The van der Waals surface area contributed by atoms with Crippen LogP contribution < -0.4 is 0 Å². The van der Waals surface area contributed by atoms with Crippen LogP contribution in [-0.2, 0) is 14.3 Å². The number of benzene rings is 1. The summed E-state index contributed by atoms with van der Waals surface area (Å²) in [6.45, 7) is 0. The van der Waals surface area contributed by atoms with Crippen LogP contribution in [0.15, 0.2) is 24.3 Å². The fraction of sp³-hybridized carbons (Fsp3) is 0.286. The van der Waals surface area contributed by atoms with Gasteiger partial charge in [0.15, 0.2) is 0 Å². The maximum Gasteiger partial charge on any atom is 0.346 e. The summed E-state index contributed by atoms with van der Waals surface area (Å²) in [4.78, 5) is 44.4. The third kappa shape index (κ3) is 5.43. The predicted octanol–water partition coefficient (Wildman–Crippen LogP) is 1.71. The Morgan fingerprint density at radius 1 is 0.905 bits per heavy atom. The number of aliphatic carboxylic acids is 1. The van der Waals surface area contributed by atoms with E-state index in [1.807, 2.05) is 0 Å². The van der Waals surface area contributed by atoms with Crippen molar-refractivity contribution >= 4 is 23.9 Å². The van der Waals surface area contributed by atoms with Crippen LogP contribution in [0.1, 0.15) is 46.4 Å². The first kappa shape index (κ1) is 16.4. The highest BCUT2D eigenvalue weighted by molar-refractivity contribution is 6.05. The molecule has 0 bridgehead atoms. The van der Waals surface area contributed by atoms with Crippen LogP contribution in [0, 0.1) is 0 Å². The second-order valence-corrected chi connectivity index (χ2v) is 4.21. The van der Waals surface area contributed by atoms with Crippen molar-refractivity contribution in [1.29, 1.82) is 0 Å². The van der Waals surface area contributed by atoms with Crippen molar-refractivity contribution in [2.75, 3.05) is 0 Å². The number of carbonyl (C=O) groups excluding carboxylic acids is 2. The van der Waals surface area contributed by atoms with E-state index < -0.39 is 23.9 Å². The van der Waals surface area contributed by atoms with Gasteiger partial charge in [-0.05, 0) is 25.0 Å². The number of ether oxygens (including phenoxy) is 1. The summed E-state index contributed by atoms with van der Waals surface area (Å²) in [6.07, 6.45) is 0.403. The van der Waals surface area contributed by atoms with Crippen molar-refractivity contribution in [1.82, 2.24) is 0 Å². The molecule has 0 spiro atoms. The zero-order valence-electron chi connectivity index (χ0n) is 11.1. The maximum atomic E-state index is 11.7. The number of carboxylic acids is 2. The number of aromatic carboxylic acids is 1. The molecule has 2 N–H and O–H groups in total. The maximum absolute atomic E-state index is 11.7. The summed E-state index contributed by atoms with van der Waals surface area (Å²) in [6, 6.07) is 5.40. The van der Waals surface area contributed by atoms with Gasteiger partial charge >= 0.3 is 23.9 Å². The SMILES string of the molecule is O=C(O)CCCCC(=O)OC(=O)c1ccccc1C(=O)O. The van der Waals surface area contributed by atoms with Crippen LogP contribution in [0.25, 0.3) is 0 Å². The molecule has 0 heterocycles. The Labute approximate surface area is 120 Å². The summed E-state index contributed by atoms with van der Waals surface area (Å²) in [5, 5.41) is 17.4. The second kappa shape index (κ2) is 7.78. The standard InChI is InChI=1S/C14H14O7/c15-11(16)7-3-4-8-12(17)21-14(20)10-6-2-1-5-9(10)13(18)19/h1-2,5-6H,3-4,7-8H2,(H,15,16)(H,18,19). The van der Waals surface area contributed by atoms with Gasteiger partial charge in [0.1, 0.15) is 0 Å². The van der Waals surface area contributed by atoms with E-state index >= 15 is 0 Å². The Bertz CT molecular complexity index is 562. The summed E-state index contributed by atoms with van der Waals surface area (Å²) in [7, 11) is 0. The van der Waals surface area contributed by atoms with Gasteiger partial charge in [-0.25, -0.2) is 9.59 Å². The molecule has 0 saturated carbocycles. The summed E-state index contributed by atoms with van der Waals surface area (Å²) >= 11 is 0. The molecule has 112 valence electrons. The lowest BCUT2D eigenvalue weighted by Crippen LogP contribution is -2.16. The van der Waals surface area contributed by atoms with Gasteiger partial charge in [-0.3, -0.25) is 9.59 Å². The summed E-state index contributed by atoms with van der Waals surface area (Å²) < 4.78 is 4.55. The van der Waals surface area contributed by atoms with Crippen molar-refractivity contribution in [3.63, 3.8) is 0 Å². The molecular weight excluding hydrogens is 280 g/mol. The highest BCUT2D eigenvalue weighted by atomic mass is 16.6. The molecule has 1 aromatic carbocycles. The fourth-order valence-corrected chi connectivity index (χ4v) is 1.60. The van der Waals surface area contributed by atoms with Crippen molar-refractivity contribution in [2.24, 2.45) is 0 Å². The average Bonchev–Trinajstić information content (AvgIpc) is 2.43. The monoisotopic (exact) mass is 294 g/mol. The van der Waals surface area contributed by atoms with Gasteiger partial charge in [0, 0.05) is 12.8 Å². The van der Waals surface area contributed by atoms with Gasteiger partial charge in [-0.15, -0.1) is 0 Å². The molecule has 0 aliphatic heterocycles. The Morgan fingerprint density at radius 2 is 1.48 bits per heavy atom. The number of carbonyl (C=O) groups is 4. The van der Waals surface area contributed by atoms with E-state index in [1.54, 1.807) is 0 Å². The molecule has 1 rings (SSSR count). The zero-order chi connectivity index (χ0) is 15.8. The molecule has 0 aliphatic carbocycles. The van der Waals surface area contributed by atoms with Crippen molar-refractivity contribution in [2.45, 2.75) is 25.7 Å². The molecule has 7 heteroatoms. The van der Waals surface area contributed by atoms with Crippen LogP contribution in [0.2, 0.25) is 0 Å².